The van der Waals surface area contributed by atoms with Gasteiger partial charge in [-0.15, -0.1) is 0 Å². The molecule has 0 unspecified atom stereocenters. The zero-order chi connectivity index (χ0) is 18.4. The molecule has 0 radical (unpaired) electrons. The van der Waals surface area contributed by atoms with Crippen molar-refractivity contribution in [2.24, 2.45) is 0 Å². The Morgan fingerprint density at radius 3 is 2.40 bits per heavy atom. The van der Waals surface area contributed by atoms with Crippen LogP contribution in [0.2, 0.25) is 0 Å². The molecule has 1 aliphatic rings. The molecule has 0 aromatic heterocycles. The third-order valence-corrected chi connectivity index (χ3v) is 4.64. The molecule has 3 N–H and O–H groups in total. The van der Waals surface area contributed by atoms with Crippen molar-refractivity contribution < 1.29 is 19.3 Å². The number of aliphatic hydroxyl groups excluding tert-OH is 2. The lowest BCUT2D eigenvalue weighted by Gasteiger charge is -2.31. The third kappa shape index (κ3) is 5.70. The van der Waals surface area contributed by atoms with Crippen molar-refractivity contribution >= 4 is 0 Å². The Balaban J connectivity index is 1.91. The molecule has 0 saturated carbocycles. The molecule has 142 valence electrons. The van der Waals surface area contributed by atoms with Crippen LogP contribution in [0.4, 0.5) is 4.39 Å². The smallest absolute Gasteiger partial charge is 0.123 e. The summed E-state index contributed by atoms with van der Waals surface area (Å²) in [4.78, 5) is 4.18. The highest BCUT2D eigenvalue weighted by Crippen LogP contribution is 2.24. The van der Waals surface area contributed by atoms with Gasteiger partial charge in [0.1, 0.15) is 18.0 Å². The fraction of sp³-hybridized carbons (Fsp3) is 0.667. The monoisotopic (exact) mass is 355 g/mol. The molecule has 1 saturated heterocycles. The van der Waals surface area contributed by atoms with Crippen LogP contribution in [0.25, 0.3) is 0 Å². The molecule has 1 heterocycles. The van der Waals surface area contributed by atoms with Crippen molar-refractivity contribution in [3.8, 4) is 0 Å². The maximum absolute atomic E-state index is 12.9. The summed E-state index contributed by atoms with van der Waals surface area (Å²) in [5.41, 5.74) is 0.983. The van der Waals surface area contributed by atoms with Crippen LogP contribution >= 0.6 is 0 Å². The number of nitrogens with zero attached hydrogens (tertiary/aromatic N) is 2. The van der Waals surface area contributed by atoms with Gasteiger partial charge in [-0.25, -0.2) is 4.39 Å². The summed E-state index contributed by atoms with van der Waals surface area (Å²) in [7, 11) is 5.98. The summed E-state index contributed by atoms with van der Waals surface area (Å²) < 4.78 is 18.8. The lowest BCUT2D eigenvalue weighted by molar-refractivity contribution is -0.0213. The Morgan fingerprint density at radius 1 is 1.12 bits per heavy atom. The van der Waals surface area contributed by atoms with Crippen molar-refractivity contribution in [3.05, 3.63) is 35.6 Å². The first kappa shape index (κ1) is 20.2. The van der Waals surface area contributed by atoms with Gasteiger partial charge in [-0.2, -0.15) is 0 Å². The Labute approximate surface area is 149 Å². The van der Waals surface area contributed by atoms with E-state index in [0.29, 0.717) is 13.1 Å². The summed E-state index contributed by atoms with van der Waals surface area (Å²) in [6.07, 6.45) is -1.51. The number of hydrogen-bond acceptors (Lipinski definition) is 6. The molecule has 0 aliphatic carbocycles. The van der Waals surface area contributed by atoms with Crippen molar-refractivity contribution in [1.82, 2.24) is 15.1 Å². The first-order chi connectivity index (χ1) is 11.9. The average molecular weight is 355 g/mol. The van der Waals surface area contributed by atoms with Gasteiger partial charge in [-0.05, 0) is 38.8 Å². The number of ether oxygens (including phenoxy) is 1. The molecule has 2 rings (SSSR count). The van der Waals surface area contributed by atoms with Gasteiger partial charge < -0.3 is 25.2 Å². The lowest BCUT2D eigenvalue weighted by Crippen LogP contribution is -2.50. The minimum atomic E-state index is -0.727. The molecule has 7 heteroatoms. The standard InChI is InChI=1S/C18H30FN3O3/c1-21(2)8-9-22(3)17-15(25-16(12-23)18(17)24)11-20-10-13-4-6-14(19)7-5-13/h4-7,15-18,20,23-24H,8-12H2,1-3H3/t15-,16+,17+,18-/m1/s1. The predicted octanol–water partition coefficient (Wildman–Crippen LogP) is -0.102. The number of nitrogens with one attached hydrogen (secondary N) is 1. The molecular formula is C18H30FN3O3. The van der Waals surface area contributed by atoms with E-state index in [4.69, 9.17) is 4.74 Å². The second kappa shape index (κ2) is 9.56. The zero-order valence-electron chi connectivity index (χ0n) is 15.2. The van der Waals surface area contributed by atoms with Crippen molar-refractivity contribution in [2.75, 3.05) is 47.4 Å². The fourth-order valence-electron chi connectivity index (χ4n) is 3.16. The second-order valence-electron chi connectivity index (χ2n) is 6.92. The maximum Gasteiger partial charge on any atom is 0.123 e. The molecule has 6 nitrogen and oxygen atoms in total. The van der Waals surface area contributed by atoms with Crippen LogP contribution in [0.15, 0.2) is 24.3 Å². The third-order valence-electron chi connectivity index (χ3n) is 4.64. The van der Waals surface area contributed by atoms with Gasteiger partial charge in [-0.3, -0.25) is 4.90 Å². The number of hydrogen-bond donors (Lipinski definition) is 3. The van der Waals surface area contributed by atoms with E-state index < -0.39 is 12.2 Å². The minimum absolute atomic E-state index is 0.183. The van der Waals surface area contributed by atoms with E-state index in [1.807, 2.05) is 21.1 Å². The Morgan fingerprint density at radius 2 is 1.80 bits per heavy atom. The van der Waals surface area contributed by atoms with Gasteiger partial charge >= 0.3 is 0 Å². The van der Waals surface area contributed by atoms with E-state index in [0.717, 1.165) is 18.7 Å². The number of benzene rings is 1. The molecule has 25 heavy (non-hydrogen) atoms. The van der Waals surface area contributed by atoms with E-state index in [-0.39, 0.29) is 24.6 Å². The molecule has 1 aliphatic heterocycles. The summed E-state index contributed by atoms with van der Waals surface area (Å²) >= 11 is 0. The Kier molecular flexibility index (Phi) is 7.74. The SMILES string of the molecule is CN(C)CCN(C)[C@@H]1[C@H](O)[C@H](CO)O[C@@H]1CNCc1ccc(F)cc1. The van der Waals surface area contributed by atoms with Crippen LogP contribution in [0.3, 0.4) is 0 Å². The number of halogens is 1. The largest absolute Gasteiger partial charge is 0.394 e. The first-order valence-electron chi connectivity index (χ1n) is 8.67. The highest BCUT2D eigenvalue weighted by molar-refractivity contribution is 5.15. The maximum atomic E-state index is 12.9. The van der Waals surface area contributed by atoms with Gasteiger partial charge in [-0.1, -0.05) is 12.1 Å². The quantitative estimate of drug-likeness (QED) is 0.575. The lowest BCUT2D eigenvalue weighted by atomic mass is 10.0. The van der Waals surface area contributed by atoms with Crippen LogP contribution in [-0.4, -0.2) is 91.8 Å². The molecule has 0 bridgehead atoms. The van der Waals surface area contributed by atoms with Gasteiger partial charge in [0.2, 0.25) is 0 Å². The summed E-state index contributed by atoms with van der Waals surface area (Å²) in [6, 6.07) is 6.17. The van der Waals surface area contributed by atoms with Crippen LogP contribution in [-0.2, 0) is 11.3 Å². The van der Waals surface area contributed by atoms with E-state index in [9.17, 15) is 14.6 Å². The van der Waals surface area contributed by atoms with Gasteiger partial charge in [0, 0.05) is 26.2 Å². The molecular weight excluding hydrogens is 325 g/mol. The van der Waals surface area contributed by atoms with Gasteiger partial charge in [0.25, 0.3) is 0 Å². The predicted molar refractivity (Wildman–Crippen MR) is 94.8 cm³/mol. The van der Waals surface area contributed by atoms with E-state index >= 15 is 0 Å². The average Bonchev–Trinajstić information content (AvgIpc) is 2.90. The molecule has 0 spiro atoms. The van der Waals surface area contributed by atoms with Crippen LogP contribution < -0.4 is 5.32 Å². The second-order valence-corrected chi connectivity index (χ2v) is 6.92. The van der Waals surface area contributed by atoms with Crippen molar-refractivity contribution in [3.63, 3.8) is 0 Å². The first-order valence-corrected chi connectivity index (χ1v) is 8.67. The molecule has 4 atom stereocenters. The normalized spacial score (nSPS) is 26.7. The summed E-state index contributed by atoms with van der Waals surface area (Å²) in [5.74, 6) is -0.251. The molecule has 1 fully saturated rings. The van der Waals surface area contributed by atoms with E-state index in [2.05, 4.69) is 15.1 Å². The number of likely N-dealkylation sites (N-methyl/N-ethyl adjacent to an activating group) is 2. The zero-order valence-corrected chi connectivity index (χ0v) is 15.2. The van der Waals surface area contributed by atoms with Crippen molar-refractivity contribution in [2.45, 2.75) is 30.9 Å². The van der Waals surface area contributed by atoms with E-state index in [1.165, 1.54) is 12.1 Å². The number of rotatable bonds is 9. The van der Waals surface area contributed by atoms with Crippen LogP contribution in [0.1, 0.15) is 5.56 Å². The molecule has 1 aromatic carbocycles. The van der Waals surface area contributed by atoms with Crippen molar-refractivity contribution in [1.29, 1.82) is 0 Å². The van der Waals surface area contributed by atoms with Gasteiger partial charge in [0.05, 0.1) is 18.8 Å². The minimum Gasteiger partial charge on any atom is -0.394 e. The summed E-state index contributed by atoms with van der Waals surface area (Å²) in [5, 5.41) is 23.2. The highest BCUT2D eigenvalue weighted by Gasteiger charge is 2.44. The topological polar surface area (TPSA) is 68.2 Å². The fourth-order valence-corrected chi connectivity index (χ4v) is 3.16. The molecule has 0 amide bonds. The highest BCUT2D eigenvalue weighted by atomic mass is 19.1. The van der Waals surface area contributed by atoms with Gasteiger partial charge in [0.15, 0.2) is 0 Å². The Hall–Kier alpha value is -1.09. The number of aliphatic hydroxyl groups is 2. The molecule has 1 aromatic rings. The summed E-state index contributed by atoms with van der Waals surface area (Å²) in [6.45, 7) is 2.60. The van der Waals surface area contributed by atoms with E-state index in [1.54, 1.807) is 12.1 Å². The van der Waals surface area contributed by atoms with Crippen LogP contribution in [0, 0.1) is 5.82 Å². The Bertz CT molecular complexity index is 515. The van der Waals surface area contributed by atoms with Crippen LogP contribution in [0.5, 0.6) is 0 Å².